The molecule has 8 rings (SSSR count). The van der Waals surface area contributed by atoms with Gasteiger partial charge in [0.05, 0.1) is 49.3 Å². The van der Waals surface area contributed by atoms with Crippen molar-refractivity contribution in [2.45, 2.75) is 192 Å². The van der Waals surface area contributed by atoms with Crippen molar-refractivity contribution < 1.29 is 74.1 Å². The van der Waals surface area contributed by atoms with Gasteiger partial charge in [-0.05, 0) is 111 Å². The molecule has 3 aliphatic heterocycles. The smallest absolute Gasteiger partial charge is 0.303 e. The molecule has 58 heavy (non-hydrogen) atoms. The second-order valence-corrected chi connectivity index (χ2v) is 21.7. The second-order valence-electron chi connectivity index (χ2n) is 21.7. The summed E-state index contributed by atoms with van der Waals surface area (Å²) in [7, 11) is 0. The minimum atomic E-state index is -1.62. The van der Waals surface area contributed by atoms with E-state index in [9.17, 15) is 45.6 Å². The molecular formula is C43H70O15. The summed E-state index contributed by atoms with van der Waals surface area (Å²) in [5.41, 5.74) is -3.22. The van der Waals surface area contributed by atoms with Crippen LogP contribution in [0.1, 0.15) is 107 Å². The van der Waals surface area contributed by atoms with Gasteiger partial charge in [-0.15, -0.1) is 0 Å². The Morgan fingerprint density at radius 3 is 2.14 bits per heavy atom. The number of aliphatic hydroxyl groups is 8. The van der Waals surface area contributed by atoms with Gasteiger partial charge in [0.1, 0.15) is 36.6 Å². The van der Waals surface area contributed by atoms with Crippen LogP contribution in [0.4, 0.5) is 0 Å². The molecule has 0 radical (unpaired) electrons. The van der Waals surface area contributed by atoms with Gasteiger partial charge >= 0.3 is 5.97 Å². The van der Waals surface area contributed by atoms with Crippen molar-refractivity contribution in [1.82, 2.24) is 0 Å². The molecule has 21 atom stereocenters. The SMILES string of the molecule is CC(=O)OC1C(OC2CCC34CC35CCC3(C)C(C6(C)CC(C(C)(C)O)CO6)C(O)CC3(C)C5CC(OC3OC(CO)C(O)C(O)C3O)C4C2(C)C)OCC(O)C1O. The van der Waals surface area contributed by atoms with Crippen molar-refractivity contribution in [2.24, 2.45) is 50.7 Å². The van der Waals surface area contributed by atoms with Crippen LogP contribution in [0.5, 0.6) is 0 Å². The summed E-state index contributed by atoms with van der Waals surface area (Å²) in [5.74, 6) is -0.996. The molecule has 8 aliphatic rings. The van der Waals surface area contributed by atoms with Gasteiger partial charge in [0, 0.05) is 18.8 Å². The molecule has 0 bridgehead atoms. The number of hydrogen-bond acceptors (Lipinski definition) is 15. The number of esters is 1. The van der Waals surface area contributed by atoms with E-state index in [1.807, 2.05) is 13.8 Å². The van der Waals surface area contributed by atoms with E-state index in [0.29, 0.717) is 32.3 Å². The molecule has 0 aromatic rings. The highest BCUT2D eigenvalue weighted by Crippen LogP contribution is 2.89. The van der Waals surface area contributed by atoms with Crippen LogP contribution >= 0.6 is 0 Å². The van der Waals surface area contributed by atoms with Crippen molar-refractivity contribution in [2.75, 3.05) is 19.8 Å². The van der Waals surface area contributed by atoms with Crippen LogP contribution < -0.4 is 0 Å². The summed E-state index contributed by atoms with van der Waals surface area (Å²) in [4.78, 5) is 12.1. The van der Waals surface area contributed by atoms with Gasteiger partial charge < -0.3 is 69.3 Å². The number of aliphatic hydroxyl groups excluding tert-OH is 7. The summed E-state index contributed by atoms with van der Waals surface area (Å²) in [6.45, 7) is 15.5. The van der Waals surface area contributed by atoms with E-state index in [4.69, 9.17) is 28.4 Å². The van der Waals surface area contributed by atoms with Crippen molar-refractivity contribution in [3.63, 3.8) is 0 Å². The first-order valence-electron chi connectivity index (χ1n) is 21.7. The molecule has 2 spiro atoms. The molecule has 0 aromatic heterocycles. The van der Waals surface area contributed by atoms with Gasteiger partial charge in [-0.2, -0.15) is 0 Å². The predicted molar refractivity (Wildman–Crippen MR) is 203 cm³/mol. The van der Waals surface area contributed by atoms with E-state index < -0.39 is 103 Å². The third-order valence-corrected chi connectivity index (χ3v) is 18.1. The Labute approximate surface area is 341 Å². The number of carbonyl (C=O) groups excluding carboxylic acids is 1. The molecule has 8 N–H and O–H groups in total. The molecule has 3 heterocycles. The van der Waals surface area contributed by atoms with Crippen molar-refractivity contribution in [3.05, 3.63) is 0 Å². The Morgan fingerprint density at radius 1 is 0.793 bits per heavy atom. The zero-order valence-corrected chi connectivity index (χ0v) is 35.5. The van der Waals surface area contributed by atoms with Crippen LogP contribution in [0.2, 0.25) is 0 Å². The molecular weight excluding hydrogens is 756 g/mol. The van der Waals surface area contributed by atoms with Gasteiger partial charge in [0.25, 0.3) is 0 Å². The Kier molecular flexibility index (Phi) is 10.7. The molecule has 0 amide bonds. The largest absolute Gasteiger partial charge is 0.454 e. The van der Waals surface area contributed by atoms with Crippen molar-refractivity contribution in [3.8, 4) is 0 Å². The molecule has 3 saturated heterocycles. The monoisotopic (exact) mass is 826 g/mol. The number of fused-ring (bicyclic) bond motifs is 2. The number of ether oxygens (including phenoxy) is 6. The maximum absolute atomic E-state index is 12.2. The zero-order chi connectivity index (χ0) is 42.3. The normalized spacial score (nSPS) is 56.1. The van der Waals surface area contributed by atoms with Crippen LogP contribution in [0.15, 0.2) is 0 Å². The summed E-state index contributed by atoms with van der Waals surface area (Å²) in [6, 6.07) is 0. The molecule has 15 heteroatoms. The van der Waals surface area contributed by atoms with E-state index in [1.165, 1.54) is 6.92 Å². The lowest BCUT2D eigenvalue weighted by atomic mass is 9.41. The quantitative estimate of drug-likeness (QED) is 0.127. The van der Waals surface area contributed by atoms with Gasteiger partial charge in [-0.1, -0.05) is 27.7 Å². The third-order valence-electron chi connectivity index (χ3n) is 18.1. The molecule has 21 unspecified atom stereocenters. The summed E-state index contributed by atoms with van der Waals surface area (Å²) >= 11 is 0. The number of hydrogen-bond donors (Lipinski definition) is 8. The highest BCUT2D eigenvalue weighted by Gasteiger charge is 2.85. The lowest BCUT2D eigenvalue weighted by molar-refractivity contribution is -0.339. The highest BCUT2D eigenvalue weighted by atomic mass is 16.7. The number of rotatable bonds is 8. The fourth-order valence-electron chi connectivity index (χ4n) is 15.2. The van der Waals surface area contributed by atoms with E-state index >= 15 is 0 Å². The average Bonchev–Trinajstić information content (AvgIpc) is 3.50. The molecule has 332 valence electrons. The van der Waals surface area contributed by atoms with Gasteiger partial charge in [-0.3, -0.25) is 4.79 Å². The zero-order valence-electron chi connectivity index (χ0n) is 35.5. The predicted octanol–water partition coefficient (Wildman–Crippen LogP) is 1.15. The Balaban J connectivity index is 1.15. The van der Waals surface area contributed by atoms with Gasteiger partial charge in [0.15, 0.2) is 18.7 Å². The average molecular weight is 827 g/mol. The van der Waals surface area contributed by atoms with Crippen LogP contribution in [-0.2, 0) is 33.2 Å². The third kappa shape index (κ3) is 6.17. The van der Waals surface area contributed by atoms with Crippen LogP contribution in [0, 0.1) is 50.7 Å². The topological polar surface area (TPSA) is 234 Å². The molecule has 8 fully saturated rings. The lowest BCUT2D eigenvalue weighted by Crippen LogP contribution is -2.65. The summed E-state index contributed by atoms with van der Waals surface area (Å²) in [5, 5.41) is 87.4. The van der Waals surface area contributed by atoms with Gasteiger partial charge in [-0.25, -0.2) is 0 Å². The van der Waals surface area contributed by atoms with Crippen molar-refractivity contribution >= 4 is 5.97 Å². The first-order valence-corrected chi connectivity index (χ1v) is 21.7. The minimum Gasteiger partial charge on any atom is -0.454 e. The maximum Gasteiger partial charge on any atom is 0.303 e. The minimum absolute atomic E-state index is 0.0650. The van der Waals surface area contributed by atoms with E-state index in [0.717, 1.165) is 25.7 Å². The first kappa shape index (κ1) is 43.6. The van der Waals surface area contributed by atoms with Crippen LogP contribution in [-0.4, -0.2) is 151 Å². The lowest BCUT2D eigenvalue weighted by Gasteiger charge is -2.65. The molecule has 5 aliphatic carbocycles. The first-order chi connectivity index (χ1) is 26.9. The fraction of sp³-hybridized carbons (Fsp3) is 0.977. The Bertz CT molecular complexity index is 1570. The van der Waals surface area contributed by atoms with Crippen LogP contribution in [0.25, 0.3) is 0 Å². The summed E-state index contributed by atoms with van der Waals surface area (Å²) < 4.78 is 37.6. The van der Waals surface area contributed by atoms with Crippen molar-refractivity contribution in [1.29, 1.82) is 0 Å². The highest BCUT2D eigenvalue weighted by molar-refractivity contribution is 5.66. The van der Waals surface area contributed by atoms with E-state index in [2.05, 4.69) is 34.6 Å². The number of carbonyl (C=O) groups is 1. The molecule has 5 saturated carbocycles. The Hall–Kier alpha value is -1.05. The molecule has 15 nitrogen and oxygen atoms in total. The van der Waals surface area contributed by atoms with E-state index in [-0.39, 0.29) is 51.9 Å². The van der Waals surface area contributed by atoms with Crippen LogP contribution in [0.3, 0.4) is 0 Å². The fourth-order valence-corrected chi connectivity index (χ4v) is 15.2. The summed E-state index contributed by atoms with van der Waals surface area (Å²) in [6.07, 6.45) is -8.11. The Morgan fingerprint density at radius 2 is 1.50 bits per heavy atom. The second kappa shape index (κ2) is 14.2. The van der Waals surface area contributed by atoms with Gasteiger partial charge in [0.2, 0.25) is 0 Å². The standard InChI is InChI=1S/C43H70O15/c1-20(45)55-32-28(48)23(47)18-53-36(32)58-27-9-10-43-19-42(43)12-11-39(6)33(41(8)14-21(17-54-41)38(4,5)52)22(46)15-40(39,7)26(42)13-24(34(43)37(27,2)3)56-35-31(51)30(50)29(49)25(16-44)57-35/h21-36,44,46-52H,9-19H2,1-8H3. The molecule has 0 aromatic carbocycles. The van der Waals surface area contributed by atoms with E-state index in [1.54, 1.807) is 0 Å². The maximum atomic E-state index is 12.2.